The Morgan fingerprint density at radius 1 is 1.50 bits per heavy atom. The lowest BCUT2D eigenvalue weighted by atomic mass is 10.0. The number of rotatable bonds is 4. The largest absolute Gasteiger partial charge is 0.293 e. The molecule has 1 aromatic heterocycles. The van der Waals surface area contributed by atoms with Crippen molar-refractivity contribution in [2.75, 3.05) is 5.33 Å². The molecule has 0 aromatic carbocycles. The highest BCUT2D eigenvalue weighted by molar-refractivity contribution is 9.09. The lowest BCUT2D eigenvalue weighted by molar-refractivity contribution is -0.111. The van der Waals surface area contributed by atoms with Crippen molar-refractivity contribution in [2.45, 2.75) is 27.2 Å². The van der Waals surface area contributed by atoms with Gasteiger partial charge in [-0.05, 0) is 20.3 Å². The summed E-state index contributed by atoms with van der Waals surface area (Å²) < 4.78 is 0. The van der Waals surface area contributed by atoms with E-state index in [9.17, 15) is 4.79 Å². The Bertz CT molecular complexity index is 427. The first-order chi connectivity index (χ1) is 7.60. The van der Waals surface area contributed by atoms with Crippen LogP contribution in [0.5, 0.6) is 0 Å². The maximum atomic E-state index is 11.8. The van der Waals surface area contributed by atoms with Gasteiger partial charge in [0, 0.05) is 23.0 Å². The van der Waals surface area contributed by atoms with Gasteiger partial charge in [-0.1, -0.05) is 28.9 Å². The maximum absolute atomic E-state index is 11.8. The Kier molecular flexibility index (Phi) is 4.80. The highest BCUT2D eigenvalue weighted by atomic mass is 79.9. The zero-order valence-electron chi connectivity index (χ0n) is 9.75. The molecule has 0 atom stereocenters. The Morgan fingerprint density at radius 3 is 2.69 bits per heavy atom. The fourth-order valence-electron chi connectivity index (χ4n) is 1.50. The molecule has 1 rings (SSSR count). The molecule has 4 heteroatoms. The Morgan fingerprint density at radius 2 is 2.19 bits per heavy atom. The molecule has 1 aromatic rings. The molecule has 0 aliphatic heterocycles. The van der Waals surface area contributed by atoms with E-state index in [1.807, 2.05) is 26.8 Å². The van der Waals surface area contributed by atoms with Crippen LogP contribution in [-0.2, 0) is 4.79 Å². The molecule has 0 unspecified atom stereocenters. The van der Waals surface area contributed by atoms with Crippen molar-refractivity contribution >= 4 is 27.3 Å². The first kappa shape index (κ1) is 13.0. The molecule has 0 aliphatic carbocycles. The van der Waals surface area contributed by atoms with Gasteiger partial charge in [0.15, 0.2) is 5.78 Å². The monoisotopic (exact) mass is 282 g/mol. The van der Waals surface area contributed by atoms with E-state index in [1.165, 1.54) is 0 Å². The molecular weight excluding hydrogens is 268 g/mol. The van der Waals surface area contributed by atoms with Gasteiger partial charge in [0.25, 0.3) is 0 Å². The Hall–Kier alpha value is -1.03. The topological polar surface area (TPSA) is 42.9 Å². The molecular formula is C12H15BrN2O. The number of carbonyl (C=O) groups excluding carboxylic acids is 1. The quantitative estimate of drug-likeness (QED) is 0.630. The van der Waals surface area contributed by atoms with E-state index in [0.717, 1.165) is 23.5 Å². The van der Waals surface area contributed by atoms with Crippen LogP contribution in [-0.4, -0.2) is 21.1 Å². The lowest BCUT2D eigenvalue weighted by Crippen LogP contribution is -2.06. The number of halogens is 1. The number of nitrogens with zero attached hydrogens (tertiary/aromatic N) is 2. The minimum absolute atomic E-state index is 0.0670. The number of allylic oxidation sites excluding steroid dienone is 2. The van der Waals surface area contributed by atoms with Crippen molar-refractivity contribution in [1.82, 2.24) is 9.97 Å². The summed E-state index contributed by atoms with van der Waals surface area (Å²) >= 11 is 3.19. The molecule has 0 fully saturated rings. The molecule has 0 radical (unpaired) electrons. The van der Waals surface area contributed by atoms with Crippen molar-refractivity contribution in [1.29, 1.82) is 0 Å². The van der Waals surface area contributed by atoms with Crippen LogP contribution < -0.4 is 0 Å². The van der Waals surface area contributed by atoms with Gasteiger partial charge < -0.3 is 0 Å². The molecule has 86 valence electrons. The summed E-state index contributed by atoms with van der Waals surface area (Å²) in [5.41, 5.74) is 2.38. The number of hydrogen-bond acceptors (Lipinski definition) is 3. The van der Waals surface area contributed by atoms with Gasteiger partial charge >= 0.3 is 0 Å². The third-order valence-corrected chi connectivity index (χ3v) is 2.73. The molecule has 3 nitrogen and oxygen atoms in total. The number of aromatic nitrogens is 2. The minimum atomic E-state index is 0.0670. The van der Waals surface area contributed by atoms with Crippen LogP contribution in [0.25, 0.3) is 5.57 Å². The van der Waals surface area contributed by atoms with Crippen LogP contribution in [0, 0.1) is 13.8 Å². The summed E-state index contributed by atoms with van der Waals surface area (Å²) in [6, 6.07) is 0. The van der Waals surface area contributed by atoms with Gasteiger partial charge in [-0.25, -0.2) is 9.97 Å². The summed E-state index contributed by atoms with van der Waals surface area (Å²) in [6.45, 7) is 5.74. The third kappa shape index (κ3) is 2.98. The number of aryl methyl sites for hydroxylation is 2. The van der Waals surface area contributed by atoms with E-state index in [4.69, 9.17) is 0 Å². The van der Waals surface area contributed by atoms with Gasteiger partial charge in [0.05, 0.1) is 5.33 Å². The van der Waals surface area contributed by atoms with E-state index in [2.05, 4.69) is 25.9 Å². The predicted octanol–water partition coefficient (Wildman–Crippen LogP) is 2.85. The van der Waals surface area contributed by atoms with Gasteiger partial charge in [0.1, 0.15) is 5.82 Å². The maximum Gasteiger partial charge on any atom is 0.173 e. The number of Topliss-reactive ketones (excluding diaryl/α,β-unsaturated/α-hetero) is 1. The average Bonchev–Trinajstić information content (AvgIpc) is 2.26. The van der Waals surface area contributed by atoms with Crippen molar-refractivity contribution in [3.05, 3.63) is 29.4 Å². The summed E-state index contributed by atoms with van der Waals surface area (Å²) in [7, 11) is 0. The minimum Gasteiger partial charge on any atom is -0.293 e. The van der Waals surface area contributed by atoms with E-state index in [1.54, 1.807) is 6.20 Å². The zero-order valence-corrected chi connectivity index (χ0v) is 11.3. The van der Waals surface area contributed by atoms with Gasteiger partial charge in [-0.3, -0.25) is 4.79 Å². The summed E-state index contributed by atoms with van der Waals surface area (Å²) in [5, 5.41) is 0.326. The van der Waals surface area contributed by atoms with Crippen LogP contribution >= 0.6 is 15.9 Å². The number of alkyl halides is 1. The molecule has 0 saturated carbocycles. The highest BCUT2D eigenvalue weighted by Gasteiger charge is 2.13. The fourth-order valence-corrected chi connectivity index (χ4v) is 1.80. The second-order valence-corrected chi connectivity index (χ2v) is 4.06. The number of carbonyl (C=O) groups is 1. The summed E-state index contributed by atoms with van der Waals surface area (Å²) in [4.78, 5) is 20.2. The van der Waals surface area contributed by atoms with Crippen molar-refractivity contribution in [3.8, 4) is 0 Å². The van der Waals surface area contributed by atoms with Crippen molar-refractivity contribution in [3.63, 3.8) is 0 Å². The van der Waals surface area contributed by atoms with E-state index < -0.39 is 0 Å². The first-order valence-electron chi connectivity index (χ1n) is 5.20. The summed E-state index contributed by atoms with van der Waals surface area (Å²) in [6.07, 6.45) is 4.46. The van der Waals surface area contributed by atoms with Gasteiger partial charge in [-0.15, -0.1) is 0 Å². The van der Waals surface area contributed by atoms with Crippen LogP contribution in [0.4, 0.5) is 0 Å². The van der Waals surface area contributed by atoms with Crippen LogP contribution in [0.15, 0.2) is 12.3 Å². The molecule has 0 aliphatic rings. The zero-order chi connectivity index (χ0) is 12.1. The SMILES string of the molecule is CC/C=C(/C(=O)CBr)c1cnc(C)nc1C. The lowest BCUT2D eigenvalue weighted by Gasteiger charge is -2.08. The first-order valence-corrected chi connectivity index (χ1v) is 6.32. The number of ketones is 1. The van der Waals surface area contributed by atoms with E-state index >= 15 is 0 Å². The molecule has 0 spiro atoms. The molecule has 16 heavy (non-hydrogen) atoms. The standard InChI is InChI=1S/C12H15BrN2O/c1-4-5-10(12(16)6-13)11-7-14-9(3)15-8(11)2/h5,7H,4,6H2,1-3H3/b10-5+. The smallest absolute Gasteiger partial charge is 0.173 e. The second-order valence-electron chi connectivity index (χ2n) is 3.50. The van der Waals surface area contributed by atoms with Crippen molar-refractivity contribution in [2.24, 2.45) is 0 Å². The van der Waals surface area contributed by atoms with E-state index in [-0.39, 0.29) is 5.78 Å². The molecule has 0 bridgehead atoms. The average molecular weight is 283 g/mol. The third-order valence-electron chi connectivity index (χ3n) is 2.22. The Labute approximate surface area is 104 Å². The fraction of sp³-hybridized carbons (Fsp3) is 0.417. The molecule has 0 saturated heterocycles. The van der Waals surface area contributed by atoms with Gasteiger partial charge in [0.2, 0.25) is 0 Å². The molecule has 1 heterocycles. The normalized spacial score (nSPS) is 11.6. The van der Waals surface area contributed by atoms with E-state index in [0.29, 0.717) is 10.9 Å². The van der Waals surface area contributed by atoms with Crippen molar-refractivity contribution < 1.29 is 4.79 Å². The van der Waals surface area contributed by atoms with Crippen LogP contribution in [0.3, 0.4) is 0 Å². The molecule has 0 amide bonds. The Balaban J connectivity index is 3.22. The highest BCUT2D eigenvalue weighted by Crippen LogP contribution is 2.19. The second kappa shape index (κ2) is 5.89. The van der Waals surface area contributed by atoms with Gasteiger partial charge in [-0.2, -0.15) is 0 Å². The van der Waals surface area contributed by atoms with Crippen LogP contribution in [0.2, 0.25) is 0 Å². The predicted molar refractivity (Wildman–Crippen MR) is 68.6 cm³/mol. The molecule has 0 N–H and O–H groups in total. The van der Waals surface area contributed by atoms with Crippen LogP contribution in [0.1, 0.15) is 30.4 Å². The summed E-state index contributed by atoms with van der Waals surface area (Å²) in [5.74, 6) is 0.792. The number of hydrogen-bond donors (Lipinski definition) is 0.